The molecule has 1 saturated heterocycles. The summed E-state index contributed by atoms with van der Waals surface area (Å²) in [5, 5.41) is 10.3. The van der Waals surface area contributed by atoms with Gasteiger partial charge in [0.05, 0.1) is 17.0 Å². The molecule has 0 spiro atoms. The number of sulfone groups is 1. The molecule has 0 radical (unpaired) electrons. The number of carbonyl (C=O) groups is 1. The number of aromatic amines is 1. The fraction of sp³-hybridized carbons (Fsp3) is 0.385. The second kappa shape index (κ2) is 5.03. The standard InChI is InChI=1S/C13H16N4O3S/c14-8-1-2-11-10(7-8)12(17-16-11)13(18)15-9-3-5-21(19,20)6-4-9/h1-2,7,9H,3-6,14H2,(H,15,18)(H,16,17). The molecule has 1 aliphatic heterocycles. The molecule has 112 valence electrons. The van der Waals surface area contributed by atoms with E-state index in [-0.39, 0.29) is 29.1 Å². The first-order valence-electron chi connectivity index (χ1n) is 6.69. The van der Waals surface area contributed by atoms with Gasteiger partial charge in [0.25, 0.3) is 5.91 Å². The molecule has 21 heavy (non-hydrogen) atoms. The van der Waals surface area contributed by atoms with Gasteiger partial charge in [-0.25, -0.2) is 8.42 Å². The van der Waals surface area contributed by atoms with Gasteiger partial charge in [0.2, 0.25) is 0 Å². The maximum atomic E-state index is 12.3. The number of nitrogen functional groups attached to an aromatic ring is 1. The summed E-state index contributed by atoms with van der Waals surface area (Å²) in [5.41, 5.74) is 7.30. The second-order valence-electron chi connectivity index (χ2n) is 5.28. The van der Waals surface area contributed by atoms with Crippen LogP contribution in [0.5, 0.6) is 0 Å². The Labute approximate surface area is 121 Å². The summed E-state index contributed by atoms with van der Waals surface area (Å²) in [6.07, 6.45) is 0.886. The van der Waals surface area contributed by atoms with Gasteiger partial charge in [0.15, 0.2) is 5.69 Å². The zero-order valence-electron chi connectivity index (χ0n) is 11.3. The molecule has 1 aromatic heterocycles. The smallest absolute Gasteiger partial charge is 0.272 e. The number of H-pyrrole nitrogens is 1. The van der Waals surface area contributed by atoms with Gasteiger partial charge in [0.1, 0.15) is 9.84 Å². The molecule has 1 aliphatic rings. The molecule has 8 heteroatoms. The van der Waals surface area contributed by atoms with Gasteiger partial charge in [0, 0.05) is 17.1 Å². The lowest BCUT2D eigenvalue weighted by Crippen LogP contribution is -2.41. The number of anilines is 1. The number of fused-ring (bicyclic) bond motifs is 1. The fourth-order valence-corrected chi connectivity index (χ4v) is 3.98. The van der Waals surface area contributed by atoms with Crippen LogP contribution in [0.1, 0.15) is 23.3 Å². The number of hydrogen-bond acceptors (Lipinski definition) is 5. The number of nitrogens with two attached hydrogens (primary N) is 1. The first-order valence-corrected chi connectivity index (χ1v) is 8.52. The molecular formula is C13H16N4O3S. The Morgan fingerprint density at radius 1 is 1.33 bits per heavy atom. The van der Waals surface area contributed by atoms with Gasteiger partial charge in [-0.1, -0.05) is 0 Å². The lowest BCUT2D eigenvalue weighted by Gasteiger charge is -2.22. The predicted octanol–water partition coefficient (Wildman–Crippen LogP) is 0.452. The van der Waals surface area contributed by atoms with Crippen molar-refractivity contribution in [1.29, 1.82) is 0 Å². The molecule has 0 saturated carbocycles. The Bertz CT molecular complexity index is 783. The summed E-state index contributed by atoms with van der Waals surface area (Å²) in [6.45, 7) is 0. The minimum absolute atomic E-state index is 0.117. The topological polar surface area (TPSA) is 118 Å². The highest BCUT2D eigenvalue weighted by atomic mass is 32.2. The van der Waals surface area contributed by atoms with E-state index in [0.717, 1.165) is 5.52 Å². The van der Waals surface area contributed by atoms with Crippen molar-refractivity contribution < 1.29 is 13.2 Å². The molecule has 0 bridgehead atoms. The number of hydrogen-bond donors (Lipinski definition) is 3. The molecule has 3 rings (SSSR count). The average Bonchev–Trinajstić information content (AvgIpc) is 2.84. The zero-order chi connectivity index (χ0) is 15.0. The molecule has 1 amide bonds. The van der Waals surface area contributed by atoms with E-state index in [1.54, 1.807) is 18.2 Å². The van der Waals surface area contributed by atoms with E-state index in [1.807, 2.05) is 0 Å². The van der Waals surface area contributed by atoms with Gasteiger partial charge in [-0.2, -0.15) is 5.10 Å². The van der Waals surface area contributed by atoms with Crippen molar-refractivity contribution in [3.05, 3.63) is 23.9 Å². The SMILES string of the molecule is Nc1ccc2[nH]nc(C(=O)NC3CCS(=O)(=O)CC3)c2c1. The van der Waals surface area contributed by atoms with Crippen molar-refractivity contribution in [2.45, 2.75) is 18.9 Å². The molecule has 1 fully saturated rings. The van der Waals surface area contributed by atoms with Crippen LogP contribution in [0.2, 0.25) is 0 Å². The van der Waals surface area contributed by atoms with E-state index in [2.05, 4.69) is 15.5 Å². The van der Waals surface area contributed by atoms with E-state index in [0.29, 0.717) is 23.9 Å². The summed E-state index contributed by atoms with van der Waals surface area (Å²) in [5.74, 6) is -0.0746. The number of benzene rings is 1. The monoisotopic (exact) mass is 308 g/mol. The van der Waals surface area contributed by atoms with Gasteiger partial charge >= 0.3 is 0 Å². The summed E-state index contributed by atoms with van der Waals surface area (Å²) >= 11 is 0. The number of aromatic nitrogens is 2. The van der Waals surface area contributed by atoms with Gasteiger partial charge in [-0.15, -0.1) is 0 Å². The van der Waals surface area contributed by atoms with E-state index in [4.69, 9.17) is 5.73 Å². The van der Waals surface area contributed by atoms with Crippen LogP contribution in [0.3, 0.4) is 0 Å². The minimum Gasteiger partial charge on any atom is -0.399 e. The van der Waals surface area contributed by atoms with Crippen LogP contribution in [0.25, 0.3) is 10.9 Å². The molecule has 2 heterocycles. The molecule has 4 N–H and O–H groups in total. The van der Waals surface area contributed by atoms with Gasteiger partial charge in [-0.05, 0) is 31.0 Å². The van der Waals surface area contributed by atoms with Crippen LogP contribution >= 0.6 is 0 Å². The molecule has 0 unspecified atom stereocenters. The molecule has 0 aliphatic carbocycles. The Morgan fingerprint density at radius 2 is 2.05 bits per heavy atom. The Hall–Kier alpha value is -2.09. The lowest BCUT2D eigenvalue weighted by atomic mass is 10.1. The molecule has 1 aromatic carbocycles. The largest absolute Gasteiger partial charge is 0.399 e. The van der Waals surface area contributed by atoms with Crippen molar-refractivity contribution >= 4 is 32.3 Å². The first-order chi connectivity index (χ1) is 9.94. The number of carbonyl (C=O) groups excluding carboxylic acids is 1. The number of nitrogens with one attached hydrogen (secondary N) is 2. The van der Waals surface area contributed by atoms with Crippen LogP contribution in [0, 0.1) is 0 Å². The van der Waals surface area contributed by atoms with Crippen LogP contribution in [-0.2, 0) is 9.84 Å². The maximum absolute atomic E-state index is 12.3. The summed E-state index contributed by atoms with van der Waals surface area (Å²) in [7, 11) is -2.94. The third kappa shape index (κ3) is 2.85. The van der Waals surface area contributed by atoms with Crippen molar-refractivity contribution in [2.75, 3.05) is 17.2 Å². The summed E-state index contributed by atoms with van der Waals surface area (Å²) in [6, 6.07) is 5.06. The summed E-state index contributed by atoms with van der Waals surface area (Å²) in [4.78, 5) is 12.3. The van der Waals surface area contributed by atoms with Crippen molar-refractivity contribution in [2.24, 2.45) is 0 Å². The van der Waals surface area contributed by atoms with Crippen LogP contribution in [-0.4, -0.2) is 42.1 Å². The third-order valence-corrected chi connectivity index (χ3v) is 5.41. The van der Waals surface area contributed by atoms with Crippen LogP contribution in [0.4, 0.5) is 5.69 Å². The van der Waals surface area contributed by atoms with Crippen molar-refractivity contribution in [3.63, 3.8) is 0 Å². The third-order valence-electron chi connectivity index (χ3n) is 3.69. The van der Waals surface area contributed by atoms with Crippen molar-refractivity contribution in [3.8, 4) is 0 Å². The molecule has 7 nitrogen and oxygen atoms in total. The molecule has 2 aromatic rings. The summed E-state index contributed by atoms with van der Waals surface area (Å²) < 4.78 is 22.8. The lowest BCUT2D eigenvalue weighted by molar-refractivity contribution is 0.0931. The quantitative estimate of drug-likeness (QED) is 0.696. The number of nitrogens with zero attached hydrogens (tertiary/aromatic N) is 1. The highest BCUT2D eigenvalue weighted by molar-refractivity contribution is 7.91. The van der Waals surface area contributed by atoms with E-state index >= 15 is 0 Å². The van der Waals surface area contributed by atoms with Crippen molar-refractivity contribution in [1.82, 2.24) is 15.5 Å². The second-order valence-corrected chi connectivity index (χ2v) is 7.58. The average molecular weight is 308 g/mol. The number of rotatable bonds is 2. The maximum Gasteiger partial charge on any atom is 0.272 e. The van der Waals surface area contributed by atoms with Gasteiger partial charge in [-0.3, -0.25) is 9.89 Å². The molecule has 0 atom stereocenters. The fourth-order valence-electron chi connectivity index (χ4n) is 2.49. The van der Waals surface area contributed by atoms with Crippen LogP contribution < -0.4 is 11.1 Å². The Morgan fingerprint density at radius 3 is 2.76 bits per heavy atom. The number of amides is 1. The van der Waals surface area contributed by atoms with Gasteiger partial charge < -0.3 is 11.1 Å². The van der Waals surface area contributed by atoms with Crippen LogP contribution in [0.15, 0.2) is 18.2 Å². The highest BCUT2D eigenvalue weighted by Gasteiger charge is 2.26. The van der Waals surface area contributed by atoms with E-state index in [9.17, 15) is 13.2 Å². The predicted molar refractivity (Wildman–Crippen MR) is 79.6 cm³/mol. The first kappa shape index (κ1) is 13.9. The highest BCUT2D eigenvalue weighted by Crippen LogP contribution is 2.19. The Kier molecular flexibility index (Phi) is 3.32. The minimum atomic E-state index is -2.94. The molecular weight excluding hydrogens is 292 g/mol. The van der Waals surface area contributed by atoms with E-state index in [1.165, 1.54) is 0 Å². The van der Waals surface area contributed by atoms with E-state index < -0.39 is 9.84 Å². The Balaban J connectivity index is 1.77. The normalized spacial score (nSPS) is 18.7. The zero-order valence-corrected chi connectivity index (χ0v) is 12.1.